The van der Waals surface area contributed by atoms with Crippen molar-refractivity contribution >= 4 is 15.9 Å². The molecule has 6 heteroatoms. The normalized spacial score (nSPS) is 32.1. The van der Waals surface area contributed by atoms with Crippen molar-refractivity contribution < 1.29 is 14.9 Å². The number of benzene rings is 2. The van der Waals surface area contributed by atoms with E-state index in [0.717, 1.165) is 64.3 Å². The van der Waals surface area contributed by atoms with Crippen molar-refractivity contribution in [3.8, 4) is 22.6 Å². The molecule has 0 unspecified atom stereocenters. The van der Waals surface area contributed by atoms with Crippen LogP contribution in [0.2, 0.25) is 0 Å². The van der Waals surface area contributed by atoms with Crippen LogP contribution in [0.4, 0.5) is 0 Å². The molecule has 2 aliphatic heterocycles. The number of halogens is 1. The average molecular weight is 531 g/mol. The van der Waals surface area contributed by atoms with Crippen molar-refractivity contribution in [1.82, 2.24) is 9.88 Å². The second-order valence-corrected chi connectivity index (χ2v) is 12.1. The van der Waals surface area contributed by atoms with Gasteiger partial charge in [0.15, 0.2) is 17.6 Å². The van der Waals surface area contributed by atoms with Crippen LogP contribution < -0.4 is 4.74 Å². The summed E-state index contributed by atoms with van der Waals surface area (Å²) in [4.78, 5) is 7.53. The van der Waals surface area contributed by atoms with Crippen molar-refractivity contribution in [3.05, 3.63) is 75.5 Å². The second kappa shape index (κ2) is 6.87. The topological polar surface area (TPSA) is 65.8 Å². The van der Waals surface area contributed by atoms with Gasteiger partial charge in [0.2, 0.25) is 0 Å². The molecule has 3 heterocycles. The summed E-state index contributed by atoms with van der Waals surface area (Å²) in [6.45, 7) is 2.02. The van der Waals surface area contributed by atoms with Crippen LogP contribution in [0.15, 0.2) is 53.1 Å². The first kappa shape index (κ1) is 20.7. The van der Waals surface area contributed by atoms with Gasteiger partial charge in [-0.3, -0.25) is 9.88 Å². The Morgan fingerprint density at radius 1 is 1.09 bits per heavy atom. The lowest BCUT2D eigenvalue weighted by molar-refractivity contribution is -0.173. The molecule has 1 aromatic heterocycles. The quantitative estimate of drug-likeness (QED) is 0.503. The third-order valence-corrected chi connectivity index (χ3v) is 9.93. The number of nitrogens with zero attached hydrogens (tertiary/aromatic N) is 2. The molecule has 5 nitrogen and oxygen atoms in total. The Morgan fingerprint density at radius 3 is 2.71 bits per heavy atom. The summed E-state index contributed by atoms with van der Waals surface area (Å²) in [6.07, 6.45) is 6.31. The van der Waals surface area contributed by atoms with E-state index in [4.69, 9.17) is 9.72 Å². The predicted molar refractivity (Wildman–Crippen MR) is 136 cm³/mol. The lowest BCUT2D eigenvalue weighted by Crippen LogP contribution is -2.74. The van der Waals surface area contributed by atoms with Crippen LogP contribution in [0.3, 0.4) is 0 Å². The van der Waals surface area contributed by atoms with Gasteiger partial charge in [0.25, 0.3) is 0 Å². The van der Waals surface area contributed by atoms with Crippen LogP contribution in [0, 0.1) is 5.92 Å². The lowest BCUT2D eigenvalue weighted by Gasteiger charge is -2.63. The zero-order chi connectivity index (χ0) is 23.5. The van der Waals surface area contributed by atoms with Gasteiger partial charge in [0, 0.05) is 40.8 Å². The Morgan fingerprint density at radius 2 is 1.91 bits per heavy atom. The Bertz CT molecular complexity index is 1390. The minimum Gasteiger partial charge on any atom is -0.504 e. The number of aromatic nitrogens is 1. The molecule has 0 amide bonds. The average Bonchev–Trinajstić information content (AvgIpc) is 3.59. The number of aromatic hydroxyl groups is 1. The number of hydrogen-bond donors (Lipinski definition) is 2. The number of rotatable bonds is 3. The smallest absolute Gasteiger partial charge is 0.166 e. The maximum atomic E-state index is 12.8. The van der Waals surface area contributed by atoms with Crippen LogP contribution in [-0.4, -0.2) is 44.8 Å². The summed E-state index contributed by atoms with van der Waals surface area (Å²) in [5, 5.41) is 23.6. The number of phenols is 1. The highest BCUT2D eigenvalue weighted by Crippen LogP contribution is 2.68. The molecular weight excluding hydrogens is 504 g/mol. The van der Waals surface area contributed by atoms with Crippen molar-refractivity contribution in [1.29, 1.82) is 0 Å². The van der Waals surface area contributed by atoms with Crippen LogP contribution in [0.25, 0.3) is 11.1 Å². The largest absolute Gasteiger partial charge is 0.504 e. The van der Waals surface area contributed by atoms with Gasteiger partial charge >= 0.3 is 0 Å². The summed E-state index contributed by atoms with van der Waals surface area (Å²) in [5.74, 6) is 1.50. The van der Waals surface area contributed by atoms with Crippen molar-refractivity contribution in [3.63, 3.8) is 0 Å². The molecule has 8 rings (SSSR count). The monoisotopic (exact) mass is 530 g/mol. The van der Waals surface area contributed by atoms with Gasteiger partial charge < -0.3 is 14.9 Å². The highest BCUT2D eigenvalue weighted by molar-refractivity contribution is 9.10. The van der Waals surface area contributed by atoms with Crippen molar-refractivity contribution in [2.45, 2.75) is 55.3 Å². The van der Waals surface area contributed by atoms with Gasteiger partial charge in [-0.25, -0.2) is 0 Å². The molecule has 3 aliphatic carbocycles. The van der Waals surface area contributed by atoms with Crippen molar-refractivity contribution in [2.24, 2.45) is 5.92 Å². The molecule has 178 valence electrons. The van der Waals surface area contributed by atoms with E-state index in [-0.39, 0.29) is 17.9 Å². The summed E-state index contributed by atoms with van der Waals surface area (Å²) >= 11 is 3.52. The van der Waals surface area contributed by atoms with E-state index in [0.29, 0.717) is 12.2 Å². The second-order valence-electron chi connectivity index (χ2n) is 11.2. The van der Waals surface area contributed by atoms with E-state index < -0.39 is 11.0 Å². The molecule has 1 saturated carbocycles. The van der Waals surface area contributed by atoms with E-state index in [2.05, 4.69) is 45.1 Å². The molecule has 4 atom stereocenters. The fourth-order valence-corrected chi connectivity index (χ4v) is 7.91. The predicted octanol–water partition coefficient (Wildman–Crippen LogP) is 4.92. The maximum absolute atomic E-state index is 12.8. The van der Waals surface area contributed by atoms with Gasteiger partial charge in [0.1, 0.15) is 0 Å². The van der Waals surface area contributed by atoms with Crippen LogP contribution >= 0.6 is 15.9 Å². The third kappa shape index (κ3) is 2.63. The Balaban J connectivity index is 1.32. The molecule has 2 aromatic carbocycles. The summed E-state index contributed by atoms with van der Waals surface area (Å²) in [6, 6.07) is 14.3. The van der Waals surface area contributed by atoms with Gasteiger partial charge in [-0.2, -0.15) is 0 Å². The van der Waals surface area contributed by atoms with Crippen LogP contribution in [-0.2, 0) is 18.3 Å². The Kier molecular flexibility index (Phi) is 4.07. The van der Waals surface area contributed by atoms with Crippen LogP contribution in [0.5, 0.6) is 11.5 Å². The molecule has 35 heavy (non-hydrogen) atoms. The molecule has 5 aliphatic rings. The van der Waals surface area contributed by atoms with Gasteiger partial charge in [-0.1, -0.05) is 34.1 Å². The number of aliphatic hydroxyl groups is 1. The molecule has 0 radical (unpaired) electrons. The Hall–Kier alpha value is -2.41. The van der Waals surface area contributed by atoms with Crippen LogP contribution in [0.1, 0.15) is 47.8 Å². The Labute approximate surface area is 212 Å². The van der Waals surface area contributed by atoms with Gasteiger partial charge in [0.05, 0.1) is 16.7 Å². The van der Waals surface area contributed by atoms with E-state index in [1.165, 1.54) is 18.4 Å². The first-order chi connectivity index (χ1) is 17.0. The maximum Gasteiger partial charge on any atom is 0.166 e. The number of pyridine rings is 1. The molecule has 1 spiro atoms. The number of hydrogen-bond acceptors (Lipinski definition) is 5. The highest BCUT2D eigenvalue weighted by atomic mass is 79.9. The molecule has 3 aromatic rings. The molecular formula is C29H27BrN2O3. The molecule has 1 saturated heterocycles. The first-order valence-electron chi connectivity index (χ1n) is 12.7. The van der Waals surface area contributed by atoms with Gasteiger partial charge in [-0.15, -0.1) is 0 Å². The molecule has 2 bridgehead atoms. The zero-order valence-corrected chi connectivity index (χ0v) is 21.0. The van der Waals surface area contributed by atoms with E-state index >= 15 is 0 Å². The van der Waals surface area contributed by atoms with E-state index in [1.54, 1.807) is 6.07 Å². The third-order valence-electron chi connectivity index (χ3n) is 9.40. The minimum absolute atomic E-state index is 0.0374. The fraction of sp³-hybridized carbons (Fsp3) is 0.414. The SMILES string of the molecule is Oc1ccc2c3c1O[C@H]1c4ncc(-c5ccc(Br)cc5)cc4C[C@@]4(O)[C@@H](C2)N(CC2CC2)CC[C@]314. The van der Waals surface area contributed by atoms with Gasteiger partial charge in [-0.05, 0) is 79.1 Å². The summed E-state index contributed by atoms with van der Waals surface area (Å²) in [7, 11) is 0. The molecule has 2 fully saturated rings. The zero-order valence-electron chi connectivity index (χ0n) is 19.4. The fourth-order valence-electron chi connectivity index (χ4n) is 7.64. The number of phenolic OH excluding ortho intramolecular Hbond substituents is 1. The van der Waals surface area contributed by atoms with E-state index in [1.807, 2.05) is 18.3 Å². The minimum atomic E-state index is -0.968. The number of piperidine rings is 1. The molecule has 2 N–H and O–H groups in total. The van der Waals surface area contributed by atoms with E-state index in [9.17, 15) is 10.2 Å². The lowest BCUT2D eigenvalue weighted by atomic mass is 9.49. The first-order valence-corrected chi connectivity index (χ1v) is 13.5. The standard InChI is InChI=1S/C29H27BrN2O3/c30-21-6-3-17(4-7-21)20-11-19-13-29(34)23-12-18-5-8-22(33)26-24(18)28(29,27(35-26)25(19)31-14-20)9-10-32(23)15-16-1-2-16/h3-8,11,14,16,23,27,33-34H,1-2,9-10,12-13,15H2/t23-,27+,28+,29-/m1/s1. The summed E-state index contributed by atoms with van der Waals surface area (Å²) < 4.78 is 7.64. The number of ether oxygens (including phenoxy) is 1. The number of fused-ring (bicyclic) bond motifs is 2. The summed E-state index contributed by atoms with van der Waals surface area (Å²) in [5.41, 5.74) is 4.83. The highest BCUT2D eigenvalue weighted by Gasteiger charge is 2.72. The number of likely N-dealkylation sites (tertiary alicyclic amines) is 1. The van der Waals surface area contributed by atoms with Crippen molar-refractivity contribution in [2.75, 3.05) is 13.1 Å².